The van der Waals surface area contributed by atoms with Crippen LogP contribution in [0.15, 0.2) is 29.2 Å². The van der Waals surface area contributed by atoms with E-state index in [1.165, 1.54) is 0 Å². The Kier molecular flexibility index (Phi) is 4.45. The highest BCUT2D eigenvalue weighted by Crippen LogP contribution is 2.20. The highest BCUT2D eigenvalue weighted by molar-refractivity contribution is 5.03. The van der Waals surface area contributed by atoms with Crippen molar-refractivity contribution in [1.29, 1.82) is 0 Å². The van der Waals surface area contributed by atoms with Crippen LogP contribution in [-0.4, -0.2) is 39.7 Å². The number of hydrogen-bond donors (Lipinski definition) is 0. The Balaban J connectivity index is 1.40. The normalized spacial score (nSPS) is 17.0. The predicted octanol–water partition coefficient (Wildman–Crippen LogP) is 2.06. The number of likely N-dealkylation sites (tertiary alicyclic amines) is 1. The maximum atomic E-state index is 5.68. The summed E-state index contributed by atoms with van der Waals surface area (Å²) in [6.07, 6.45) is 7.23. The van der Waals surface area contributed by atoms with Crippen LogP contribution in [0.1, 0.15) is 24.3 Å². The molecule has 2 aromatic heterocycles. The van der Waals surface area contributed by atoms with Crippen LogP contribution in [0.3, 0.4) is 0 Å². The fourth-order valence-corrected chi connectivity index (χ4v) is 2.60. The van der Waals surface area contributed by atoms with Crippen molar-refractivity contribution in [2.45, 2.75) is 26.3 Å². The van der Waals surface area contributed by atoms with E-state index in [4.69, 9.17) is 9.26 Å². The average Bonchev–Trinajstić information content (AvgIpc) is 2.93. The molecule has 6 nitrogen and oxygen atoms in total. The van der Waals surface area contributed by atoms with Gasteiger partial charge in [-0.25, -0.2) is 4.98 Å². The van der Waals surface area contributed by atoms with Gasteiger partial charge in [0.1, 0.15) is 5.76 Å². The van der Waals surface area contributed by atoms with Gasteiger partial charge < -0.3 is 9.26 Å². The van der Waals surface area contributed by atoms with Gasteiger partial charge in [0.05, 0.1) is 18.5 Å². The second-order valence-electron chi connectivity index (χ2n) is 5.50. The van der Waals surface area contributed by atoms with E-state index in [0.717, 1.165) is 50.5 Å². The van der Waals surface area contributed by atoms with Gasteiger partial charge in [-0.05, 0) is 38.8 Å². The molecule has 3 rings (SSSR count). The molecule has 0 N–H and O–H groups in total. The Morgan fingerprint density at radius 1 is 1.33 bits per heavy atom. The number of ether oxygens (including phenoxy) is 1. The number of nitrogens with zero attached hydrogens (tertiary/aromatic N) is 4. The number of piperidine rings is 1. The van der Waals surface area contributed by atoms with Gasteiger partial charge in [0.2, 0.25) is 5.88 Å². The van der Waals surface area contributed by atoms with Gasteiger partial charge >= 0.3 is 0 Å². The lowest BCUT2D eigenvalue weighted by Gasteiger charge is -2.31. The second kappa shape index (κ2) is 6.67. The quantitative estimate of drug-likeness (QED) is 0.839. The van der Waals surface area contributed by atoms with E-state index in [1.807, 2.05) is 13.0 Å². The Morgan fingerprint density at radius 2 is 2.19 bits per heavy atom. The van der Waals surface area contributed by atoms with Crippen molar-refractivity contribution in [1.82, 2.24) is 20.0 Å². The average molecular weight is 288 g/mol. The van der Waals surface area contributed by atoms with E-state index in [9.17, 15) is 0 Å². The van der Waals surface area contributed by atoms with E-state index < -0.39 is 0 Å². The summed E-state index contributed by atoms with van der Waals surface area (Å²) in [7, 11) is 0. The van der Waals surface area contributed by atoms with Crippen LogP contribution in [0.25, 0.3) is 0 Å². The summed E-state index contributed by atoms with van der Waals surface area (Å²) in [5, 5.41) is 4.05. The largest absolute Gasteiger partial charge is 0.476 e. The van der Waals surface area contributed by atoms with Gasteiger partial charge in [-0.1, -0.05) is 5.16 Å². The third kappa shape index (κ3) is 4.01. The Hall–Kier alpha value is -1.95. The van der Waals surface area contributed by atoms with E-state index in [-0.39, 0.29) is 0 Å². The first-order valence-corrected chi connectivity index (χ1v) is 7.33. The number of aryl methyl sites for hydroxylation is 1. The summed E-state index contributed by atoms with van der Waals surface area (Å²) in [5.41, 5.74) is 1.02. The molecule has 0 aromatic carbocycles. The summed E-state index contributed by atoms with van der Waals surface area (Å²) in [4.78, 5) is 10.5. The van der Waals surface area contributed by atoms with Crippen molar-refractivity contribution in [3.05, 3.63) is 36.1 Å². The third-order valence-electron chi connectivity index (χ3n) is 3.78. The van der Waals surface area contributed by atoms with Crippen LogP contribution in [0, 0.1) is 12.8 Å². The SMILES string of the molecule is Cc1cc(CN2CCC(COc3cnccn3)CC2)no1. The standard InChI is InChI=1S/C15H20N4O2/c1-12-8-14(18-21-12)10-19-6-2-13(3-7-19)11-20-15-9-16-4-5-17-15/h4-5,8-9,13H,2-3,6-7,10-11H2,1H3. The second-order valence-corrected chi connectivity index (χ2v) is 5.50. The molecule has 0 bridgehead atoms. The van der Waals surface area contributed by atoms with Crippen LogP contribution in [-0.2, 0) is 6.54 Å². The van der Waals surface area contributed by atoms with Crippen molar-refractivity contribution in [2.75, 3.05) is 19.7 Å². The fourth-order valence-electron chi connectivity index (χ4n) is 2.60. The van der Waals surface area contributed by atoms with Crippen LogP contribution in [0.4, 0.5) is 0 Å². The Bertz CT molecular complexity index is 550. The topological polar surface area (TPSA) is 64.3 Å². The van der Waals surface area contributed by atoms with Gasteiger partial charge in [0.15, 0.2) is 0 Å². The van der Waals surface area contributed by atoms with Crippen LogP contribution >= 0.6 is 0 Å². The molecule has 0 radical (unpaired) electrons. The van der Waals surface area contributed by atoms with Crippen molar-refractivity contribution in [3.8, 4) is 5.88 Å². The number of rotatable bonds is 5. The molecule has 1 aliphatic rings. The summed E-state index contributed by atoms with van der Waals surface area (Å²) in [6.45, 7) is 5.65. The highest BCUT2D eigenvalue weighted by Gasteiger charge is 2.20. The van der Waals surface area contributed by atoms with Gasteiger partial charge in [0, 0.05) is 25.0 Å². The van der Waals surface area contributed by atoms with Crippen LogP contribution in [0.2, 0.25) is 0 Å². The molecule has 6 heteroatoms. The smallest absolute Gasteiger partial charge is 0.232 e. The number of aromatic nitrogens is 3. The number of hydrogen-bond acceptors (Lipinski definition) is 6. The van der Waals surface area contributed by atoms with Crippen LogP contribution < -0.4 is 4.74 Å². The first-order chi connectivity index (χ1) is 10.3. The molecule has 0 spiro atoms. The molecule has 3 heterocycles. The third-order valence-corrected chi connectivity index (χ3v) is 3.78. The molecule has 2 aromatic rings. The van der Waals surface area contributed by atoms with Crippen molar-refractivity contribution < 1.29 is 9.26 Å². The summed E-state index contributed by atoms with van der Waals surface area (Å²) in [5.74, 6) is 2.07. The van der Waals surface area contributed by atoms with E-state index in [0.29, 0.717) is 11.8 Å². The van der Waals surface area contributed by atoms with Crippen molar-refractivity contribution >= 4 is 0 Å². The molecular weight excluding hydrogens is 268 g/mol. The zero-order chi connectivity index (χ0) is 14.5. The Labute approximate surface area is 124 Å². The minimum absolute atomic E-state index is 0.585. The van der Waals surface area contributed by atoms with Crippen molar-refractivity contribution in [2.24, 2.45) is 5.92 Å². The monoisotopic (exact) mass is 288 g/mol. The summed E-state index contributed by atoms with van der Waals surface area (Å²) in [6, 6.07) is 2.00. The molecule has 0 saturated carbocycles. The van der Waals surface area contributed by atoms with Gasteiger partial charge in [-0.2, -0.15) is 0 Å². The molecule has 1 saturated heterocycles. The molecule has 0 amide bonds. The summed E-state index contributed by atoms with van der Waals surface area (Å²) < 4.78 is 10.8. The lowest BCUT2D eigenvalue weighted by atomic mass is 9.98. The van der Waals surface area contributed by atoms with Gasteiger partial charge in [-0.3, -0.25) is 9.88 Å². The molecule has 0 aliphatic carbocycles. The maximum Gasteiger partial charge on any atom is 0.232 e. The zero-order valence-corrected chi connectivity index (χ0v) is 12.2. The van der Waals surface area contributed by atoms with Crippen LogP contribution in [0.5, 0.6) is 5.88 Å². The van der Waals surface area contributed by atoms with Crippen molar-refractivity contribution in [3.63, 3.8) is 0 Å². The molecule has 1 fully saturated rings. The lowest BCUT2D eigenvalue weighted by molar-refractivity contribution is 0.132. The minimum atomic E-state index is 0.585. The molecule has 112 valence electrons. The molecule has 1 aliphatic heterocycles. The molecule has 21 heavy (non-hydrogen) atoms. The van der Waals surface area contributed by atoms with E-state index in [2.05, 4.69) is 20.0 Å². The minimum Gasteiger partial charge on any atom is -0.476 e. The molecular formula is C15H20N4O2. The predicted molar refractivity (Wildman–Crippen MR) is 76.8 cm³/mol. The first-order valence-electron chi connectivity index (χ1n) is 7.33. The molecule has 0 atom stereocenters. The molecule has 0 unspecified atom stereocenters. The van der Waals surface area contributed by atoms with Gasteiger partial charge in [0.25, 0.3) is 0 Å². The first kappa shape index (κ1) is 14.0. The lowest BCUT2D eigenvalue weighted by Crippen LogP contribution is -2.35. The summed E-state index contributed by atoms with van der Waals surface area (Å²) >= 11 is 0. The maximum absolute atomic E-state index is 5.68. The van der Waals surface area contributed by atoms with Gasteiger partial charge in [-0.15, -0.1) is 0 Å². The fraction of sp³-hybridized carbons (Fsp3) is 0.533. The Morgan fingerprint density at radius 3 is 2.86 bits per heavy atom. The zero-order valence-electron chi connectivity index (χ0n) is 12.2. The highest BCUT2D eigenvalue weighted by atomic mass is 16.5. The van der Waals surface area contributed by atoms with E-state index in [1.54, 1.807) is 18.6 Å². The van der Waals surface area contributed by atoms with E-state index >= 15 is 0 Å².